The number of benzene rings is 1. The fraction of sp³-hybridized carbons (Fsp3) is 0.556. The average Bonchev–Trinajstić information content (AvgIpc) is 2.81. The van der Waals surface area contributed by atoms with Gasteiger partial charge in [0.25, 0.3) is 0 Å². The van der Waals surface area contributed by atoms with Crippen molar-refractivity contribution in [1.82, 2.24) is 14.7 Å². The largest absolute Gasteiger partial charge is 0.351 e. The van der Waals surface area contributed by atoms with Gasteiger partial charge in [-0.25, -0.2) is 4.79 Å². The van der Waals surface area contributed by atoms with E-state index in [1.165, 1.54) is 5.56 Å². The zero-order chi connectivity index (χ0) is 17.7. The van der Waals surface area contributed by atoms with E-state index >= 15 is 0 Å². The number of carbonyl (C=O) groups excluding carboxylic acids is 2. The van der Waals surface area contributed by atoms with E-state index < -0.39 is 0 Å². The predicted molar refractivity (Wildman–Crippen MR) is 94.5 cm³/mol. The van der Waals surface area contributed by atoms with Crippen LogP contribution in [0.4, 0.5) is 4.79 Å². The molecule has 0 spiro atoms. The number of amides is 3. The van der Waals surface area contributed by atoms with Crippen molar-refractivity contribution in [3.63, 3.8) is 0 Å². The molecule has 1 fully saturated rings. The molecule has 24 heavy (non-hydrogen) atoms. The molecule has 2 rings (SSSR count). The summed E-state index contributed by atoms with van der Waals surface area (Å²) in [7, 11) is 1.85. The predicted octanol–water partition coefficient (Wildman–Crippen LogP) is 1.43. The van der Waals surface area contributed by atoms with Crippen LogP contribution in [0.25, 0.3) is 0 Å². The summed E-state index contributed by atoms with van der Waals surface area (Å²) in [6.45, 7) is 7.32. The van der Waals surface area contributed by atoms with Crippen molar-refractivity contribution in [3.05, 3.63) is 35.4 Å². The number of hydrogen-bond donors (Lipinski definition) is 1. The monoisotopic (exact) mass is 332 g/mol. The molecule has 1 aliphatic rings. The highest BCUT2D eigenvalue weighted by molar-refractivity contribution is 5.81. The average molecular weight is 332 g/mol. The quantitative estimate of drug-likeness (QED) is 0.907. The van der Waals surface area contributed by atoms with Crippen molar-refractivity contribution in [3.8, 4) is 0 Å². The van der Waals surface area contributed by atoms with E-state index in [4.69, 9.17) is 5.73 Å². The highest BCUT2D eigenvalue weighted by atomic mass is 16.2. The lowest BCUT2D eigenvalue weighted by Gasteiger charge is -2.30. The summed E-state index contributed by atoms with van der Waals surface area (Å²) in [5.41, 5.74) is 7.71. The van der Waals surface area contributed by atoms with Crippen LogP contribution in [0.15, 0.2) is 24.3 Å². The zero-order valence-electron chi connectivity index (χ0n) is 14.9. The molecule has 0 bridgehead atoms. The van der Waals surface area contributed by atoms with Gasteiger partial charge in [0.1, 0.15) is 0 Å². The van der Waals surface area contributed by atoms with Gasteiger partial charge in [0.05, 0.1) is 6.04 Å². The number of nitrogens with two attached hydrogens (primary N) is 1. The Morgan fingerprint density at radius 3 is 2.58 bits per heavy atom. The minimum absolute atomic E-state index is 0.103. The van der Waals surface area contributed by atoms with Crippen LogP contribution in [0.5, 0.6) is 0 Å². The van der Waals surface area contributed by atoms with E-state index in [0.717, 1.165) is 18.5 Å². The number of rotatable bonds is 4. The van der Waals surface area contributed by atoms with Crippen LogP contribution in [0, 0.1) is 6.92 Å². The van der Waals surface area contributed by atoms with Gasteiger partial charge in [0.2, 0.25) is 5.91 Å². The maximum atomic E-state index is 12.8. The van der Waals surface area contributed by atoms with Crippen molar-refractivity contribution in [2.75, 3.05) is 33.2 Å². The molecule has 6 heteroatoms. The Hall–Kier alpha value is -2.08. The van der Waals surface area contributed by atoms with Gasteiger partial charge in [0, 0.05) is 39.8 Å². The first-order valence-corrected chi connectivity index (χ1v) is 8.48. The van der Waals surface area contributed by atoms with Crippen molar-refractivity contribution < 1.29 is 9.59 Å². The highest BCUT2D eigenvalue weighted by Crippen LogP contribution is 2.13. The number of nitrogens with zero attached hydrogens (tertiary/aromatic N) is 3. The topological polar surface area (TPSA) is 69.9 Å². The van der Waals surface area contributed by atoms with E-state index in [1.54, 1.807) is 9.80 Å². The maximum absolute atomic E-state index is 12.8. The van der Waals surface area contributed by atoms with E-state index in [0.29, 0.717) is 26.2 Å². The first-order chi connectivity index (χ1) is 11.4. The van der Waals surface area contributed by atoms with Crippen LogP contribution >= 0.6 is 0 Å². The molecule has 1 aromatic rings. The fourth-order valence-electron chi connectivity index (χ4n) is 3.14. The standard InChI is InChI=1S/C18H28N4O2/c1-14-7-4-5-8-16(14)13-20(3)17(23)15(2)21-9-6-10-22(12-11-21)18(19)24/h4-5,7-8,15H,6,9-13H2,1-3H3,(H2,19,24)/t15-/m0/s1. The zero-order valence-corrected chi connectivity index (χ0v) is 14.9. The number of aryl methyl sites for hydroxylation is 1. The van der Waals surface area contributed by atoms with Gasteiger partial charge in [-0.3, -0.25) is 9.69 Å². The molecule has 1 saturated heterocycles. The van der Waals surface area contributed by atoms with Gasteiger partial charge < -0.3 is 15.5 Å². The second kappa shape index (κ2) is 8.15. The lowest BCUT2D eigenvalue weighted by Crippen LogP contribution is -2.47. The van der Waals surface area contributed by atoms with Crippen LogP contribution in [0.1, 0.15) is 24.5 Å². The summed E-state index contributed by atoms with van der Waals surface area (Å²) in [6.07, 6.45) is 0.835. The normalized spacial score (nSPS) is 17.2. The Kier molecular flexibility index (Phi) is 6.20. The second-order valence-electron chi connectivity index (χ2n) is 6.51. The first kappa shape index (κ1) is 18.3. The smallest absolute Gasteiger partial charge is 0.314 e. The third kappa shape index (κ3) is 4.47. The summed E-state index contributed by atoms with van der Waals surface area (Å²) < 4.78 is 0. The molecular formula is C18H28N4O2. The Bertz CT molecular complexity index is 590. The van der Waals surface area contributed by atoms with E-state index in [2.05, 4.69) is 24.0 Å². The summed E-state index contributed by atoms with van der Waals surface area (Å²) in [5, 5.41) is 0. The molecule has 2 N–H and O–H groups in total. The molecule has 1 aromatic carbocycles. The molecule has 0 aliphatic carbocycles. The van der Waals surface area contributed by atoms with Gasteiger partial charge in [0.15, 0.2) is 0 Å². The van der Waals surface area contributed by atoms with E-state index in [9.17, 15) is 9.59 Å². The third-order valence-corrected chi connectivity index (χ3v) is 4.79. The number of hydrogen-bond acceptors (Lipinski definition) is 3. The van der Waals surface area contributed by atoms with Gasteiger partial charge in [-0.05, 0) is 31.4 Å². The summed E-state index contributed by atoms with van der Waals surface area (Å²) in [6, 6.07) is 7.53. The van der Waals surface area contributed by atoms with Gasteiger partial charge in [-0.1, -0.05) is 24.3 Å². The fourth-order valence-corrected chi connectivity index (χ4v) is 3.14. The number of carbonyl (C=O) groups is 2. The van der Waals surface area contributed by atoms with Crippen molar-refractivity contribution >= 4 is 11.9 Å². The Morgan fingerprint density at radius 2 is 1.92 bits per heavy atom. The number of urea groups is 1. The molecular weight excluding hydrogens is 304 g/mol. The van der Waals surface area contributed by atoms with Gasteiger partial charge in [-0.15, -0.1) is 0 Å². The highest BCUT2D eigenvalue weighted by Gasteiger charge is 2.27. The summed E-state index contributed by atoms with van der Waals surface area (Å²) >= 11 is 0. The van der Waals surface area contributed by atoms with Crippen LogP contribution in [-0.4, -0.2) is 65.9 Å². The lowest BCUT2D eigenvalue weighted by molar-refractivity contribution is -0.135. The molecule has 0 radical (unpaired) electrons. The third-order valence-electron chi connectivity index (χ3n) is 4.79. The lowest BCUT2D eigenvalue weighted by atomic mass is 10.1. The Balaban J connectivity index is 1.95. The molecule has 6 nitrogen and oxygen atoms in total. The van der Waals surface area contributed by atoms with Crippen LogP contribution in [-0.2, 0) is 11.3 Å². The minimum Gasteiger partial charge on any atom is -0.351 e. The van der Waals surface area contributed by atoms with Crippen molar-refractivity contribution in [2.45, 2.75) is 32.9 Å². The molecule has 132 valence electrons. The molecule has 1 heterocycles. The molecule has 0 unspecified atom stereocenters. The van der Waals surface area contributed by atoms with Crippen molar-refractivity contribution in [1.29, 1.82) is 0 Å². The van der Waals surface area contributed by atoms with Crippen LogP contribution < -0.4 is 5.73 Å². The molecule has 0 aromatic heterocycles. The second-order valence-corrected chi connectivity index (χ2v) is 6.51. The maximum Gasteiger partial charge on any atom is 0.314 e. The van der Waals surface area contributed by atoms with E-state index in [1.807, 2.05) is 26.1 Å². The molecule has 0 saturated carbocycles. The molecule has 1 aliphatic heterocycles. The molecule has 1 atom stereocenters. The summed E-state index contributed by atoms with van der Waals surface area (Å²) in [5.74, 6) is 0.103. The van der Waals surface area contributed by atoms with Crippen molar-refractivity contribution in [2.24, 2.45) is 5.73 Å². The first-order valence-electron chi connectivity index (χ1n) is 8.48. The number of primary amides is 1. The van der Waals surface area contributed by atoms with Gasteiger partial charge >= 0.3 is 6.03 Å². The Labute approximate surface area is 144 Å². The number of likely N-dealkylation sites (N-methyl/N-ethyl adjacent to an activating group) is 1. The van der Waals surface area contributed by atoms with E-state index in [-0.39, 0.29) is 18.0 Å². The van der Waals surface area contributed by atoms with Crippen LogP contribution in [0.3, 0.4) is 0 Å². The van der Waals surface area contributed by atoms with Gasteiger partial charge in [-0.2, -0.15) is 0 Å². The minimum atomic E-state index is -0.382. The van der Waals surface area contributed by atoms with Crippen LogP contribution in [0.2, 0.25) is 0 Å². The summed E-state index contributed by atoms with van der Waals surface area (Å²) in [4.78, 5) is 29.6. The Morgan fingerprint density at radius 1 is 1.21 bits per heavy atom. The SMILES string of the molecule is Cc1ccccc1CN(C)C(=O)[C@H](C)N1CCCN(C(N)=O)CC1. The molecule has 3 amide bonds.